The molecule has 1 atom stereocenters. The van der Waals surface area contributed by atoms with Gasteiger partial charge in [-0.15, -0.1) is 11.8 Å². The van der Waals surface area contributed by atoms with Crippen LogP contribution in [0.15, 0.2) is 22.9 Å². The zero-order chi connectivity index (χ0) is 12.7. The highest BCUT2D eigenvalue weighted by atomic mass is 32.2. The van der Waals surface area contributed by atoms with Crippen molar-refractivity contribution in [2.24, 2.45) is 0 Å². The topological polar surface area (TPSA) is 53.2 Å². The summed E-state index contributed by atoms with van der Waals surface area (Å²) < 4.78 is 0. The van der Waals surface area contributed by atoms with E-state index in [4.69, 9.17) is 0 Å². The van der Waals surface area contributed by atoms with Gasteiger partial charge >= 0.3 is 0 Å². The van der Waals surface area contributed by atoms with Crippen LogP contribution in [0.25, 0.3) is 0 Å². The number of carbonyl (C=O) groups excluding carboxylic acids is 1. The molecule has 0 aromatic rings. The van der Waals surface area contributed by atoms with Gasteiger partial charge in [0.05, 0.1) is 5.03 Å². The molecule has 3 N–H and O–H groups in total. The van der Waals surface area contributed by atoms with Crippen LogP contribution in [0.3, 0.4) is 0 Å². The predicted octanol–water partition coefficient (Wildman–Crippen LogP) is 1.88. The monoisotopic (exact) mass is 255 g/mol. The molecule has 1 amide bonds. The highest BCUT2D eigenvalue weighted by Gasteiger charge is 2.20. The van der Waals surface area contributed by atoms with Crippen LogP contribution in [-0.4, -0.2) is 17.7 Å². The van der Waals surface area contributed by atoms with E-state index in [1.165, 1.54) is 5.57 Å². The summed E-state index contributed by atoms with van der Waals surface area (Å²) in [6.07, 6.45) is 5.65. The molecular formula is C12H21N3OS. The van der Waals surface area contributed by atoms with Crippen LogP contribution in [0.4, 0.5) is 0 Å². The van der Waals surface area contributed by atoms with Crippen LogP contribution in [0.1, 0.15) is 33.6 Å². The SMILES string of the molecule is CC.CC1=CNNC(SCC2CCC(=O)N2)=C1. The van der Waals surface area contributed by atoms with Gasteiger partial charge in [0.25, 0.3) is 0 Å². The molecule has 2 heterocycles. The molecular weight excluding hydrogens is 234 g/mol. The summed E-state index contributed by atoms with van der Waals surface area (Å²) in [6, 6.07) is 0.330. The van der Waals surface area contributed by atoms with Gasteiger partial charge in [0, 0.05) is 24.4 Å². The second kappa shape index (κ2) is 7.27. The van der Waals surface area contributed by atoms with E-state index in [2.05, 4.69) is 22.2 Å². The summed E-state index contributed by atoms with van der Waals surface area (Å²) in [5, 5.41) is 4.06. The van der Waals surface area contributed by atoms with Crippen molar-refractivity contribution in [3.05, 3.63) is 22.9 Å². The zero-order valence-corrected chi connectivity index (χ0v) is 11.5. The molecule has 2 rings (SSSR count). The second-order valence-electron chi connectivity index (χ2n) is 3.78. The van der Waals surface area contributed by atoms with Crippen molar-refractivity contribution >= 4 is 17.7 Å². The van der Waals surface area contributed by atoms with Crippen molar-refractivity contribution in [1.82, 2.24) is 16.2 Å². The lowest BCUT2D eigenvalue weighted by atomic mass is 10.2. The minimum Gasteiger partial charge on any atom is -0.353 e. The fourth-order valence-electron chi connectivity index (χ4n) is 1.58. The smallest absolute Gasteiger partial charge is 0.220 e. The van der Waals surface area contributed by atoms with Gasteiger partial charge in [0.15, 0.2) is 0 Å². The van der Waals surface area contributed by atoms with Gasteiger partial charge in [-0.1, -0.05) is 13.8 Å². The Morgan fingerprint density at radius 3 is 2.82 bits per heavy atom. The quantitative estimate of drug-likeness (QED) is 0.721. The number of allylic oxidation sites excluding steroid dienone is 2. The van der Waals surface area contributed by atoms with Crippen LogP contribution in [0.5, 0.6) is 0 Å². The van der Waals surface area contributed by atoms with Crippen molar-refractivity contribution in [3.63, 3.8) is 0 Å². The Morgan fingerprint density at radius 2 is 2.24 bits per heavy atom. The molecule has 2 aliphatic rings. The third kappa shape index (κ3) is 4.73. The van der Waals surface area contributed by atoms with Gasteiger partial charge in [-0.2, -0.15) is 0 Å². The van der Waals surface area contributed by atoms with Crippen LogP contribution in [0.2, 0.25) is 0 Å². The largest absolute Gasteiger partial charge is 0.353 e. The average Bonchev–Trinajstić information content (AvgIpc) is 2.75. The second-order valence-corrected chi connectivity index (χ2v) is 4.84. The predicted molar refractivity (Wildman–Crippen MR) is 73.1 cm³/mol. The van der Waals surface area contributed by atoms with Gasteiger partial charge in [-0.3, -0.25) is 10.2 Å². The molecule has 1 fully saturated rings. The molecule has 2 aliphatic heterocycles. The number of hydrazine groups is 1. The van der Waals surface area contributed by atoms with E-state index < -0.39 is 0 Å². The Bertz CT molecular complexity index is 326. The van der Waals surface area contributed by atoms with E-state index in [0.29, 0.717) is 12.5 Å². The van der Waals surface area contributed by atoms with Crippen LogP contribution < -0.4 is 16.2 Å². The Morgan fingerprint density at radius 1 is 1.47 bits per heavy atom. The molecule has 5 heteroatoms. The van der Waals surface area contributed by atoms with E-state index in [9.17, 15) is 4.79 Å². The molecule has 96 valence electrons. The molecule has 0 aromatic heterocycles. The third-order valence-electron chi connectivity index (χ3n) is 2.38. The molecule has 17 heavy (non-hydrogen) atoms. The fourth-order valence-corrected chi connectivity index (χ4v) is 2.61. The van der Waals surface area contributed by atoms with Crippen molar-refractivity contribution in [3.8, 4) is 0 Å². The van der Waals surface area contributed by atoms with E-state index in [1.807, 2.05) is 27.0 Å². The molecule has 0 radical (unpaired) electrons. The standard InChI is InChI=1S/C10H15N3OS.C2H6/c1-7-4-10(13-11-5-7)15-6-8-2-3-9(14)12-8;1-2/h4-5,8,11,13H,2-3,6H2,1H3,(H,12,14);1-2H3. The molecule has 0 spiro atoms. The van der Waals surface area contributed by atoms with E-state index in [-0.39, 0.29) is 5.91 Å². The lowest BCUT2D eigenvalue weighted by molar-refractivity contribution is -0.119. The summed E-state index contributed by atoms with van der Waals surface area (Å²) in [7, 11) is 0. The first kappa shape index (κ1) is 14.0. The summed E-state index contributed by atoms with van der Waals surface area (Å²) in [4.78, 5) is 11.0. The first-order valence-corrected chi connectivity index (χ1v) is 7.05. The van der Waals surface area contributed by atoms with Gasteiger partial charge in [-0.25, -0.2) is 0 Å². The maximum Gasteiger partial charge on any atom is 0.220 e. The van der Waals surface area contributed by atoms with Crippen LogP contribution in [0, 0.1) is 0 Å². The van der Waals surface area contributed by atoms with Crippen LogP contribution in [-0.2, 0) is 4.79 Å². The number of rotatable bonds is 3. The number of hydrogen-bond donors (Lipinski definition) is 3. The van der Waals surface area contributed by atoms with E-state index >= 15 is 0 Å². The summed E-state index contributed by atoms with van der Waals surface area (Å²) in [5.74, 6) is 1.11. The minimum atomic E-state index is 0.181. The molecule has 4 nitrogen and oxygen atoms in total. The normalized spacial score (nSPS) is 22.3. The maximum atomic E-state index is 11.0. The Labute approximate surface area is 107 Å². The lowest BCUT2D eigenvalue weighted by Crippen LogP contribution is -2.30. The average molecular weight is 255 g/mol. The highest BCUT2D eigenvalue weighted by molar-refractivity contribution is 8.03. The molecule has 0 saturated carbocycles. The fraction of sp³-hybridized carbons (Fsp3) is 0.583. The minimum absolute atomic E-state index is 0.181. The lowest BCUT2D eigenvalue weighted by Gasteiger charge is -2.17. The Hall–Kier alpha value is -1.10. The third-order valence-corrected chi connectivity index (χ3v) is 3.48. The number of nitrogens with one attached hydrogen (secondary N) is 3. The molecule has 0 aromatic carbocycles. The van der Waals surface area contributed by atoms with Gasteiger partial charge < -0.3 is 10.7 Å². The van der Waals surface area contributed by atoms with E-state index in [0.717, 1.165) is 17.2 Å². The number of amides is 1. The summed E-state index contributed by atoms with van der Waals surface area (Å²) in [6.45, 7) is 6.05. The molecule has 0 aliphatic carbocycles. The summed E-state index contributed by atoms with van der Waals surface area (Å²) >= 11 is 1.73. The Kier molecular flexibility index (Phi) is 5.97. The van der Waals surface area contributed by atoms with Crippen LogP contribution >= 0.6 is 11.8 Å². The number of thioether (sulfide) groups is 1. The van der Waals surface area contributed by atoms with Gasteiger partial charge in [0.1, 0.15) is 0 Å². The van der Waals surface area contributed by atoms with Crippen molar-refractivity contribution in [2.45, 2.75) is 39.7 Å². The number of hydrogen-bond acceptors (Lipinski definition) is 4. The maximum absolute atomic E-state index is 11.0. The number of carbonyl (C=O) groups is 1. The van der Waals surface area contributed by atoms with E-state index in [1.54, 1.807) is 11.8 Å². The molecule has 1 unspecified atom stereocenters. The molecule has 1 saturated heterocycles. The first-order chi connectivity index (χ1) is 8.24. The summed E-state index contributed by atoms with van der Waals surface area (Å²) in [5.41, 5.74) is 7.25. The first-order valence-electron chi connectivity index (χ1n) is 6.06. The zero-order valence-electron chi connectivity index (χ0n) is 10.7. The van der Waals surface area contributed by atoms with Crippen molar-refractivity contribution in [2.75, 3.05) is 5.75 Å². The highest BCUT2D eigenvalue weighted by Crippen LogP contribution is 2.20. The van der Waals surface area contributed by atoms with Gasteiger partial charge in [-0.05, 0) is 25.0 Å². The van der Waals surface area contributed by atoms with Crippen molar-refractivity contribution in [1.29, 1.82) is 0 Å². The Balaban J connectivity index is 0.000000686. The van der Waals surface area contributed by atoms with Gasteiger partial charge in [0.2, 0.25) is 5.91 Å². The van der Waals surface area contributed by atoms with Crippen molar-refractivity contribution < 1.29 is 4.79 Å². The molecule has 0 bridgehead atoms.